The van der Waals surface area contributed by atoms with Crippen molar-refractivity contribution in [1.82, 2.24) is 4.90 Å². The van der Waals surface area contributed by atoms with Crippen LogP contribution < -0.4 is 0 Å². The number of esters is 1. The lowest BCUT2D eigenvalue weighted by Crippen LogP contribution is -2.36. The second-order valence-corrected chi connectivity index (χ2v) is 4.53. The van der Waals surface area contributed by atoms with E-state index in [1.54, 1.807) is 17.1 Å². The summed E-state index contributed by atoms with van der Waals surface area (Å²) < 4.78 is 4.81. The fourth-order valence-corrected chi connectivity index (χ4v) is 1.79. The van der Waals surface area contributed by atoms with Gasteiger partial charge in [0.15, 0.2) is 0 Å². The summed E-state index contributed by atoms with van der Waals surface area (Å²) in [7, 11) is 0. The van der Waals surface area contributed by atoms with E-state index in [1.807, 2.05) is 37.3 Å². The van der Waals surface area contributed by atoms with Crippen LogP contribution >= 0.6 is 0 Å². The molecule has 0 heterocycles. The third-order valence-corrected chi connectivity index (χ3v) is 2.87. The Kier molecular flexibility index (Phi) is 6.76. The third-order valence-electron chi connectivity index (χ3n) is 2.87. The van der Waals surface area contributed by atoms with Gasteiger partial charge in [-0.15, -0.1) is 6.42 Å². The molecule has 0 spiro atoms. The van der Waals surface area contributed by atoms with Gasteiger partial charge in [0.05, 0.1) is 0 Å². The zero-order chi connectivity index (χ0) is 15.7. The van der Waals surface area contributed by atoms with Gasteiger partial charge in [0.2, 0.25) is 0 Å². The molecular weight excluding hydrogens is 266 g/mol. The molecule has 0 radical (unpaired) electrons. The van der Waals surface area contributed by atoms with Gasteiger partial charge >= 0.3 is 5.97 Å². The van der Waals surface area contributed by atoms with E-state index in [0.717, 1.165) is 5.56 Å². The summed E-state index contributed by atoms with van der Waals surface area (Å²) in [5, 5.41) is 0. The Balaban J connectivity index is 2.71. The predicted molar refractivity (Wildman–Crippen MR) is 81.1 cm³/mol. The molecule has 0 aliphatic rings. The van der Waals surface area contributed by atoms with Crippen molar-refractivity contribution in [3.63, 3.8) is 0 Å². The molecule has 1 aromatic rings. The molecular formula is C17H19NO3. The Morgan fingerprint density at radius 2 is 2.05 bits per heavy atom. The van der Waals surface area contributed by atoms with Gasteiger partial charge in [0.1, 0.15) is 6.61 Å². The summed E-state index contributed by atoms with van der Waals surface area (Å²) in [4.78, 5) is 24.1. The number of hydrogen-bond acceptors (Lipinski definition) is 3. The highest BCUT2D eigenvalue weighted by Crippen LogP contribution is 2.09. The number of amides is 1. The van der Waals surface area contributed by atoms with Gasteiger partial charge in [-0.3, -0.25) is 9.59 Å². The number of ether oxygens (including phenoxy) is 1. The molecule has 0 bridgehead atoms. The Bertz CT molecular complexity index is 543. The Hall–Kier alpha value is -2.54. The van der Waals surface area contributed by atoms with Gasteiger partial charge in [-0.1, -0.05) is 36.4 Å². The molecule has 0 fully saturated rings. The van der Waals surface area contributed by atoms with Crippen molar-refractivity contribution in [3.8, 4) is 12.3 Å². The summed E-state index contributed by atoms with van der Waals surface area (Å²) in [5.41, 5.74) is 1.00. The molecule has 1 aromatic carbocycles. The second-order valence-electron chi connectivity index (χ2n) is 4.53. The first-order valence-electron chi connectivity index (χ1n) is 6.65. The highest BCUT2D eigenvalue weighted by Gasteiger charge is 2.16. The summed E-state index contributed by atoms with van der Waals surface area (Å²) in [5.74, 6) is 1.43. The molecule has 1 amide bonds. The topological polar surface area (TPSA) is 46.6 Å². The number of nitrogens with zero attached hydrogens (tertiary/aromatic N) is 1. The Morgan fingerprint density at radius 3 is 2.62 bits per heavy atom. The summed E-state index contributed by atoms with van der Waals surface area (Å²) >= 11 is 0. The molecule has 4 nitrogen and oxygen atoms in total. The van der Waals surface area contributed by atoms with Crippen LogP contribution in [0.25, 0.3) is 0 Å². The first kappa shape index (κ1) is 16.5. The van der Waals surface area contributed by atoms with Crippen LogP contribution in [0.4, 0.5) is 0 Å². The lowest BCUT2D eigenvalue weighted by molar-refractivity contribution is -0.139. The highest BCUT2D eigenvalue weighted by atomic mass is 16.5. The minimum atomic E-state index is -0.372. The van der Waals surface area contributed by atoms with Gasteiger partial charge in [-0.05, 0) is 24.5 Å². The summed E-state index contributed by atoms with van der Waals surface area (Å²) in [6, 6.07) is 9.42. The van der Waals surface area contributed by atoms with E-state index in [9.17, 15) is 9.59 Å². The molecule has 1 rings (SSSR count). The highest BCUT2D eigenvalue weighted by molar-refractivity contribution is 5.93. The van der Waals surface area contributed by atoms with Crippen LogP contribution in [0.2, 0.25) is 0 Å². The molecule has 4 heteroatoms. The Labute approximate surface area is 125 Å². The Morgan fingerprint density at radius 1 is 1.38 bits per heavy atom. The minimum absolute atomic E-state index is 0.184. The van der Waals surface area contributed by atoms with E-state index in [-0.39, 0.29) is 24.5 Å². The normalized spacial score (nSPS) is 11.7. The first-order valence-corrected chi connectivity index (χ1v) is 6.65. The molecule has 0 aliphatic carbocycles. The van der Waals surface area contributed by atoms with Gasteiger partial charge in [-0.25, -0.2) is 0 Å². The van der Waals surface area contributed by atoms with E-state index in [2.05, 4.69) is 5.92 Å². The number of carbonyl (C=O) groups is 2. The van der Waals surface area contributed by atoms with Gasteiger partial charge < -0.3 is 9.64 Å². The van der Waals surface area contributed by atoms with E-state index in [1.165, 1.54) is 6.92 Å². The van der Waals surface area contributed by atoms with Crippen molar-refractivity contribution in [3.05, 3.63) is 48.0 Å². The maximum atomic E-state index is 11.9. The zero-order valence-corrected chi connectivity index (χ0v) is 12.3. The largest absolute Gasteiger partial charge is 0.462 e. The quantitative estimate of drug-likeness (QED) is 0.457. The lowest BCUT2D eigenvalue weighted by Gasteiger charge is -2.25. The van der Waals surface area contributed by atoms with Crippen LogP contribution in [0.3, 0.4) is 0 Å². The van der Waals surface area contributed by atoms with E-state index in [4.69, 9.17) is 11.2 Å². The average Bonchev–Trinajstić information content (AvgIpc) is 2.49. The van der Waals surface area contributed by atoms with Crippen molar-refractivity contribution in [2.45, 2.75) is 26.4 Å². The molecule has 1 unspecified atom stereocenters. The SMILES string of the molecule is C#CC(=O)N(Cc1ccccc1)C(C)/C=C/COC(C)=O. The molecule has 0 N–H and O–H groups in total. The summed E-state index contributed by atoms with van der Waals surface area (Å²) in [6.07, 6.45) is 8.72. The average molecular weight is 285 g/mol. The molecule has 110 valence electrons. The minimum Gasteiger partial charge on any atom is -0.462 e. The molecule has 0 saturated heterocycles. The van der Waals surface area contributed by atoms with Gasteiger partial charge in [0.25, 0.3) is 5.91 Å². The maximum absolute atomic E-state index is 11.9. The number of benzene rings is 1. The predicted octanol–water partition coefficient (Wildman–Crippen LogP) is 2.16. The van der Waals surface area contributed by atoms with Crippen molar-refractivity contribution in [2.75, 3.05) is 6.61 Å². The number of carbonyl (C=O) groups excluding carboxylic acids is 2. The van der Waals surface area contributed by atoms with Crippen molar-refractivity contribution >= 4 is 11.9 Å². The van der Waals surface area contributed by atoms with Crippen LogP contribution in [0.15, 0.2) is 42.5 Å². The number of rotatable bonds is 6. The van der Waals surface area contributed by atoms with Crippen LogP contribution in [-0.2, 0) is 20.9 Å². The standard InChI is InChI=1S/C17H19NO3/c1-4-17(20)18(13-16-10-6-5-7-11-16)14(2)9-8-12-21-15(3)19/h1,5-11,14H,12-13H2,2-3H3/b9-8+. The lowest BCUT2D eigenvalue weighted by atomic mass is 10.1. The van der Waals surface area contributed by atoms with Gasteiger partial charge in [-0.2, -0.15) is 0 Å². The van der Waals surface area contributed by atoms with Crippen LogP contribution in [0, 0.1) is 12.3 Å². The van der Waals surface area contributed by atoms with Crippen LogP contribution in [0.5, 0.6) is 0 Å². The zero-order valence-electron chi connectivity index (χ0n) is 12.3. The van der Waals surface area contributed by atoms with Crippen molar-refractivity contribution in [2.24, 2.45) is 0 Å². The summed E-state index contributed by atoms with van der Waals surface area (Å²) in [6.45, 7) is 3.83. The molecule has 0 aromatic heterocycles. The smallest absolute Gasteiger partial charge is 0.302 e. The molecule has 0 aliphatic heterocycles. The molecule has 1 atom stereocenters. The second kappa shape index (κ2) is 8.60. The van der Waals surface area contributed by atoms with E-state index in [0.29, 0.717) is 6.54 Å². The van der Waals surface area contributed by atoms with Crippen molar-refractivity contribution < 1.29 is 14.3 Å². The third kappa shape index (κ3) is 5.96. The monoisotopic (exact) mass is 285 g/mol. The first-order chi connectivity index (χ1) is 10.0. The number of hydrogen-bond donors (Lipinski definition) is 0. The number of terminal acetylenes is 1. The van der Waals surface area contributed by atoms with Gasteiger partial charge in [0, 0.05) is 19.5 Å². The van der Waals surface area contributed by atoms with Crippen LogP contribution in [0.1, 0.15) is 19.4 Å². The fraction of sp³-hybridized carbons (Fsp3) is 0.294. The van der Waals surface area contributed by atoms with Crippen LogP contribution in [-0.4, -0.2) is 29.4 Å². The van der Waals surface area contributed by atoms with Crippen molar-refractivity contribution in [1.29, 1.82) is 0 Å². The molecule has 21 heavy (non-hydrogen) atoms. The molecule has 0 saturated carbocycles. The fourth-order valence-electron chi connectivity index (χ4n) is 1.79. The van der Waals surface area contributed by atoms with E-state index >= 15 is 0 Å². The van der Waals surface area contributed by atoms with E-state index < -0.39 is 0 Å². The maximum Gasteiger partial charge on any atom is 0.302 e.